The van der Waals surface area contributed by atoms with E-state index in [0.717, 1.165) is 6.07 Å². The van der Waals surface area contributed by atoms with E-state index in [9.17, 15) is 13.6 Å². The average molecular weight is 267 g/mol. The van der Waals surface area contributed by atoms with Crippen LogP contribution in [0.4, 0.5) is 8.78 Å². The van der Waals surface area contributed by atoms with Crippen molar-refractivity contribution in [3.8, 4) is 0 Å². The highest BCUT2D eigenvalue weighted by atomic mass is 79.9. The molecule has 2 N–H and O–H groups in total. The molecule has 0 saturated heterocycles. The maximum atomic E-state index is 13.0. The summed E-state index contributed by atoms with van der Waals surface area (Å²) in [7, 11) is 0. The van der Waals surface area contributed by atoms with E-state index < -0.39 is 29.3 Å². The highest BCUT2D eigenvalue weighted by Crippen LogP contribution is 2.24. The molecule has 0 amide bonds. The molecule has 0 radical (unpaired) electrons. The lowest BCUT2D eigenvalue weighted by atomic mass is 10.1. The van der Waals surface area contributed by atoms with E-state index >= 15 is 0 Å². The number of aliphatic hydroxyl groups is 1. The Bertz CT molecular complexity index is 381. The number of rotatable bonds is 2. The summed E-state index contributed by atoms with van der Waals surface area (Å²) in [6.07, 6.45) is -2.06. The summed E-state index contributed by atoms with van der Waals surface area (Å²) in [6, 6.07) is 1.40. The normalized spacial score (nSPS) is 12.6. The fourth-order valence-corrected chi connectivity index (χ4v) is 1.20. The Kier molecular flexibility index (Phi) is 3.17. The molecule has 1 aromatic carbocycles. The summed E-state index contributed by atoms with van der Waals surface area (Å²) >= 11 is 2.72. The van der Waals surface area contributed by atoms with E-state index in [1.807, 2.05) is 0 Å². The van der Waals surface area contributed by atoms with Gasteiger partial charge >= 0.3 is 5.97 Å². The van der Waals surface area contributed by atoms with Crippen molar-refractivity contribution in [3.05, 3.63) is 33.8 Å². The zero-order valence-corrected chi connectivity index (χ0v) is 8.25. The first-order valence-corrected chi connectivity index (χ1v) is 4.28. The summed E-state index contributed by atoms with van der Waals surface area (Å²) in [5.41, 5.74) is -0.599. The number of hydrogen-bond donors (Lipinski definition) is 2. The molecule has 0 aliphatic carbocycles. The Hall–Kier alpha value is -1.01. The van der Waals surface area contributed by atoms with E-state index in [2.05, 4.69) is 15.9 Å². The van der Waals surface area contributed by atoms with Gasteiger partial charge in [-0.05, 0) is 28.1 Å². The largest absolute Gasteiger partial charge is 0.479 e. The Balaban J connectivity index is 3.22. The Morgan fingerprint density at radius 1 is 1.36 bits per heavy atom. The Morgan fingerprint density at radius 2 is 1.93 bits per heavy atom. The average Bonchev–Trinajstić information content (AvgIpc) is 2.10. The van der Waals surface area contributed by atoms with Crippen LogP contribution in [0, 0.1) is 11.6 Å². The molecule has 3 nitrogen and oxygen atoms in total. The van der Waals surface area contributed by atoms with Crippen LogP contribution in [0.25, 0.3) is 0 Å². The van der Waals surface area contributed by atoms with Crippen molar-refractivity contribution in [2.24, 2.45) is 0 Å². The summed E-state index contributed by atoms with van der Waals surface area (Å²) in [6.45, 7) is 0. The number of carboxylic acid groups (broad SMARTS) is 1. The molecule has 0 spiro atoms. The SMILES string of the molecule is O=C(O)[C@@H](O)c1cc(F)c(Br)cc1F. The standard InChI is InChI=1S/C8H5BrF2O3/c9-4-2-5(10)3(1-6(4)11)7(12)8(13)14/h1-2,7,12H,(H,13,14)/t7-/m0/s1. The van der Waals surface area contributed by atoms with E-state index in [4.69, 9.17) is 10.2 Å². The van der Waals surface area contributed by atoms with Gasteiger partial charge < -0.3 is 10.2 Å². The van der Waals surface area contributed by atoms with Gasteiger partial charge in [-0.25, -0.2) is 13.6 Å². The third kappa shape index (κ3) is 2.08. The molecule has 1 rings (SSSR count). The molecule has 0 aromatic heterocycles. The molecule has 1 atom stereocenters. The number of carboxylic acids is 1. The van der Waals surface area contributed by atoms with Crippen LogP contribution in [0.2, 0.25) is 0 Å². The number of benzene rings is 1. The Morgan fingerprint density at radius 3 is 2.43 bits per heavy atom. The van der Waals surface area contributed by atoms with E-state index in [0.29, 0.717) is 6.07 Å². The van der Waals surface area contributed by atoms with Crippen molar-refractivity contribution in [3.63, 3.8) is 0 Å². The first-order valence-electron chi connectivity index (χ1n) is 3.48. The molecule has 0 fully saturated rings. The second-order valence-electron chi connectivity index (χ2n) is 2.53. The van der Waals surface area contributed by atoms with Gasteiger partial charge in [0.1, 0.15) is 11.6 Å². The van der Waals surface area contributed by atoms with Crippen LogP contribution < -0.4 is 0 Å². The first kappa shape index (κ1) is 11.1. The van der Waals surface area contributed by atoms with Gasteiger partial charge in [-0.15, -0.1) is 0 Å². The van der Waals surface area contributed by atoms with Gasteiger partial charge in [0.05, 0.1) is 4.47 Å². The first-order chi connectivity index (χ1) is 6.43. The van der Waals surface area contributed by atoms with Gasteiger partial charge in [0.15, 0.2) is 6.10 Å². The van der Waals surface area contributed by atoms with Gasteiger partial charge in [-0.3, -0.25) is 0 Å². The number of carbonyl (C=O) groups is 1. The minimum Gasteiger partial charge on any atom is -0.479 e. The molecule has 76 valence electrons. The zero-order chi connectivity index (χ0) is 10.9. The van der Waals surface area contributed by atoms with Crippen molar-refractivity contribution in [2.75, 3.05) is 0 Å². The summed E-state index contributed by atoms with van der Waals surface area (Å²) in [5, 5.41) is 17.3. The summed E-state index contributed by atoms with van der Waals surface area (Å²) < 4.78 is 25.8. The van der Waals surface area contributed by atoms with Gasteiger partial charge in [-0.1, -0.05) is 0 Å². The van der Waals surface area contributed by atoms with Crippen LogP contribution in [0.3, 0.4) is 0 Å². The smallest absolute Gasteiger partial charge is 0.337 e. The van der Waals surface area contributed by atoms with Gasteiger partial charge in [0, 0.05) is 5.56 Å². The van der Waals surface area contributed by atoms with Gasteiger partial charge in [0.25, 0.3) is 0 Å². The number of aliphatic hydroxyl groups excluding tert-OH is 1. The van der Waals surface area contributed by atoms with E-state index in [1.165, 1.54) is 0 Å². The minimum atomic E-state index is -2.06. The zero-order valence-electron chi connectivity index (χ0n) is 6.67. The van der Waals surface area contributed by atoms with Gasteiger partial charge in [0.2, 0.25) is 0 Å². The number of hydrogen-bond acceptors (Lipinski definition) is 2. The molecule has 0 aliphatic heterocycles. The second kappa shape index (κ2) is 4.02. The van der Waals surface area contributed by atoms with Crippen molar-refractivity contribution in [2.45, 2.75) is 6.10 Å². The summed E-state index contributed by atoms with van der Waals surface area (Å²) in [4.78, 5) is 10.3. The lowest BCUT2D eigenvalue weighted by molar-refractivity contribution is -0.147. The lowest BCUT2D eigenvalue weighted by Gasteiger charge is -2.07. The summed E-state index contributed by atoms with van der Waals surface area (Å²) in [5.74, 6) is -3.44. The molecule has 6 heteroatoms. The van der Waals surface area contributed by atoms with Crippen molar-refractivity contribution >= 4 is 21.9 Å². The van der Waals surface area contributed by atoms with Gasteiger partial charge in [-0.2, -0.15) is 0 Å². The Labute approximate surface area is 86.1 Å². The highest BCUT2D eigenvalue weighted by molar-refractivity contribution is 9.10. The molecular formula is C8H5BrF2O3. The fourth-order valence-electron chi connectivity index (χ4n) is 0.881. The minimum absolute atomic E-state index is 0.128. The van der Waals surface area contributed by atoms with Crippen LogP contribution in [0.5, 0.6) is 0 Å². The van der Waals surface area contributed by atoms with Crippen LogP contribution in [-0.4, -0.2) is 16.2 Å². The van der Waals surface area contributed by atoms with E-state index in [1.54, 1.807) is 0 Å². The maximum Gasteiger partial charge on any atom is 0.337 e. The predicted octanol–water partition coefficient (Wildman–Crippen LogP) is 1.85. The quantitative estimate of drug-likeness (QED) is 0.804. The third-order valence-electron chi connectivity index (χ3n) is 1.57. The van der Waals surface area contributed by atoms with Crippen LogP contribution in [0.15, 0.2) is 16.6 Å². The second-order valence-corrected chi connectivity index (χ2v) is 3.38. The molecule has 1 aromatic rings. The molecule has 0 heterocycles. The molecule has 0 unspecified atom stereocenters. The van der Waals surface area contributed by atoms with Crippen LogP contribution in [-0.2, 0) is 4.79 Å². The van der Waals surface area contributed by atoms with Crippen molar-refractivity contribution < 1.29 is 23.8 Å². The molecular weight excluding hydrogens is 262 g/mol. The highest BCUT2D eigenvalue weighted by Gasteiger charge is 2.21. The topological polar surface area (TPSA) is 57.5 Å². The molecule has 0 saturated carbocycles. The van der Waals surface area contributed by atoms with E-state index in [-0.39, 0.29) is 4.47 Å². The monoisotopic (exact) mass is 266 g/mol. The lowest BCUT2D eigenvalue weighted by Crippen LogP contribution is -2.12. The van der Waals surface area contributed by atoms with Crippen molar-refractivity contribution in [1.82, 2.24) is 0 Å². The number of aliphatic carboxylic acids is 1. The molecule has 0 bridgehead atoms. The number of halogens is 3. The van der Waals surface area contributed by atoms with Crippen molar-refractivity contribution in [1.29, 1.82) is 0 Å². The maximum absolute atomic E-state index is 13.0. The van der Waals surface area contributed by atoms with Crippen LogP contribution in [0.1, 0.15) is 11.7 Å². The molecule has 14 heavy (non-hydrogen) atoms. The molecule has 0 aliphatic rings. The van der Waals surface area contributed by atoms with Crippen LogP contribution >= 0.6 is 15.9 Å². The fraction of sp³-hybridized carbons (Fsp3) is 0.125. The predicted molar refractivity (Wildman–Crippen MR) is 46.7 cm³/mol. The third-order valence-corrected chi connectivity index (χ3v) is 2.18.